The van der Waals surface area contributed by atoms with E-state index in [0.717, 1.165) is 10.7 Å². The van der Waals surface area contributed by atoms with Gasteiger partial charge in [0.15, 0.2) is 0 Å². The number of hydrogen-bond acceptors (Lipinski definition) is 2. The second kappa shape index (κ2) is 4.36. The number of methoxy groups -OCH3 is 1. The van der Waals surface area contributed by atoms with Crippen LogP contribution in [-0.4, -0.2) is 16.9 Å². The van der Waals surface area contributed by atoms with Crippen LogP contribution >= 0.6 is 0 Å². The molecular weight excluding hydrogens is 245 g/mol. The molecule has 0 aliphatic carbocycles. The normalized spacial score (nSPS) is 11.6. The molecule has 0 spiro atoms. The molecule has 6 heteroatoms. The van der Waals surface area contributed by atoms with E-state index in [1.54, 1.807) is 12.1 Å². The highest BCUT2D eigenvalue weighted by atomic mass is 19.4. The Morgan fingerprint density at radius 3 is 2.28 bits per heavy atom. The predicted octanol–water partition coefficient (Wildman–Crippen LogP) is 3.21. The second-order valence-electron chi connectivity index (χ2n) is 3.78. The number of nitrogens with zero attached hydrogens (tertiary/aromatic N) is 2. The van der Waals surface area contributed by atoms with Crippen molar-refractivity contribution in [2.75, 3.05) is 7.11 Å². The summed E-state index contributed by atoms with van der Waals surface area (Å²) in [5.41, 5.74) is -0.125. The van der Waals surface area contributed by atoms with Crippen LogP contribution in [0.1, 0.15) is 11.4 Å². The van der Waals surface area contributed by atoms with E-state index in [9.17, 15) is 13.2 Å². The maximum Gasteiger partial charge on any atom is 0.433 e. The van der Waals surface area contributed by atoms with Crippen molar-refractivity contribution in [2.45, 2.75) is 13.1 Å². The summed E-state index contributed by atoms with van der Waals surface area (Å²) in [5, 5.41) is 3.86. The molecule has 0 N–H and O–H groups in total. The molecule has 0 atom stereocenters. The zero-order valence-electron chi connectivity index (χ0n) is 9.82. The van der Waals surface area contributed by atoms with Gasteiger partial charge in [0.05, 0.1) is 18.5 Å². The van der Waals surface area contributed by atoms with Gasteiger partial charge in [0, 0.05) is 0 Å². The summed E-state index contributed by atoms with van der Waals surface area (Å²) in [7, 11) is 1.49. The van der Waals surface area contributed by atoms with Gasteiger partial charge in [0.1, 0.15) is 11.4 Å². The summed E-state index contributed by atoms with van der Waals surface area (Å²) >= 11 is 0. The van der Waals surface area contributed by atoms with Gasteiger partial charge >= 0.3 is 6.18 Å². The van der Waals surface area contributed by atoms with E-state index in [1.165, 1.54) is 26.2 Å². The predicted molar refractivity (Wildman–Crippen MR) is 59.9 cm³/mol. The van der Waals surface area contributed by atoms with Crippen molar-refractivity contribution in [1.29, 1.82) is 0 Å². The summed E-state index contributed by atoms with van der Waals surface area (Å²) in [5.74, 6) is 0.580. The fraction of sp³-hybridized carbons (Fsp3) is 0.250. The Balaban J connectivity index is 2.49. The lowest BCUT2D eigenvalue weighted by molar-refractivity contribution is -0.142. The molecule has 0 fully saturated rings. The number of rotatable bonds is 2. The summed E-state index contributed by atoms with van der Waals surface area (Å²) in [6.07, 6.45) is -4.43. The average molecular weight is 256 g/mol. The van der Waals surface area contributed by atoms with Crippen LogP contribution in [0.5, 0.6) is 5.75 Å². The van der Waals surface area contributed by atoms with E-state index >= 15 is 0 Å². The van der Waals surface area contributed by atoms with Crippen molar-refractivity contribution < 1.29 is 17.9 Å². The molecule has 0 aliphatic heterocycles. The number of hydrogen-bond donors (Lipinski definition) is 0. The van der Waals surface area contributed by atoms with E-state index in [1.807, 2.05) is 0 Å². The Morgan fingerprint density at radius 1 is 1.17 bits per heavy atom. The quantitative estimate of drug-likeness (QED) is 0.825. The van der Waals surface area contributed by atoms with Gasteiger partial charge < -0.3 is 4.74 Å². The maximum atomic E-state index is 12.8. The Labute approximate surface area is 102 Å². The monoisotopic (exact) mass is 256 g/mol. The van der Waals surface area contributed by atoms with Crippen LogP contribution in [0.25, 0.3) is 5.69 Å². The van der Waals surface area contributed by atoms with Crippen molar-refractivity contribution in [3.63, 3.8) is 0 Å². The number of aryl methyl sites for hydroxylation is 1. The van der Waals surface area contributed by atoms with Gasteiger partial charge in [-0.15, -0.1) is 0 Å². The maximum absolute atomic E-state index is 12.8. The first kappa shape index (κ1) is 12.5. The second-order valence-corrected chi connectivity index (χ2v) is 3.78. The van der Waals surface area contributed by atoms with Crippen molar-refractivity contribution in [3.05, 3.63) is 41.7 Å². The summed E-state index contributed by atoms with van der Waals surface area (Å²) in [6.45, 7) is 1.52. The van der Waals surface area contributed by atoms with Gasteiger partial charge in [0.2, 0.25) is 0 Å². The number of halogens is 3. The molecule has 3 nitrogen and oxygen atoms in total. The van der Waals surface area contributed by atoms with Crippen LogP contribution in [0.2, 0.25) is 0 Å². The minimum absolute atomic E-state index is 0.318. The minimum atomic E-state index is -4.43. The smallest absolute Gasteiger partial charge is 0.433 e. The van der Waals surface area contributed by atoms with E-state index < -0.39 is 11.9 Å². The van der Waals surface area contributed by atoms with Gasteiger partial charge in [0.25, 0.3) is 0 Å². The fourth-order valence-electron chi connectivity index (χ4n) is 1.62. The van der Waals surface area contributed by atoms with Crippen molar-refractivity contribution in [3.8, 4) is 11.4 Å². The van der Waals surface area contributed by atoms with E-state index in [2.05, 4.69) is 5.10 Å². The summed E-state index contributed by atoms with van der Waals surface area (Å²) < 4.78 is 44.3. The number of alkyl halides is 3. The zero-order chi connectivity index (χ0) is 13.3. The van der Waals surface area contributed by atoms with Crippen LogP contribution in [-0.2, 0) is 6.18 Å². The van der Waals surface area contributed by atoms with E-state index in [4.69, 9.17) is 4.74 Å². The van der Waals surface area contributed by atoms with Crippen LogP contribution in [0.3, 0.4) is 0 Å². The highest BCUT2D eigenvalue weighted by molar-refractivity contribution is 5.39. The van der Waals surface area contributed by atoms with Crippen LogP contribution < -0.4 is 4.74 Å². The van der Waals surface area contributed by atoms with Crippen molar-refractivity contribution in [1.82, 2.24) is 9.78 Å². The standard InChI is InChI=1S/C12H11F3N2O/c1-8-7-11(12(13,14)15)17(16-8)9-3-5-10(18-2)6-4-9/h3-7H,1-2H3. The first-order valence-corrected chi connectivity index (χ1v) is 5.20. The molecule has 0 amide bonds. The fourth-order valence-corrected chi connectivity index (χ4v) is 1.62. The number of benzene rings is 1. The van der Waals surface area contributed by atoms with Gasteiger partial charge in [-0.2, -0.15) is 18.3 Å². The van der Waals surface area contributed by atoms with Gasteiger partial charge in [-0.25, -0.2) is 4.68 Å². The lowest BCUT2D eigenvalue weighted by atomic mass is 10.3. The molecule has 0 unspecified atom stereocenters. The van der Waals surface area contributed by atoms with Crippen LogP contribution in [0, 0.1) is 6.92 Å². The highest BCUT2D eigenvalue weighted by Gasteiger charge is 2.35. The average Bonchev–Trinajstić information content (AvgIpc) is 2.71. The molecule has 0 radical (unpaired) electrons. The molecule has 2 rings (SSSR count). The molecular formula is C12H11F3N2O. The Hall–Kier alpha value is -1.98. The first-order chi connectivity index (χ1) is 8.41. The Morgan fingerprint density at radius 2 is 1.78 bits per heavy atom. The Bertz CT molecular complexity index is 543. The van der Waals surface area contributed by atoms with Crippen LogP contribution in [0.15, 0.2) is 30.3 Å². The molecule has 18 heavy (non-hydrogen) atoms. The van der Waals surface area contributed by atoms with Gasteiger partial charge in [-0.05, 0) is 37.3 Å². The molecule has 2 aromatic rings. The molecule has 0 bridgehead atoms. The van der Waals surface area contributed by atoms with E-state index in [0.29, 0.717) is 17.1 Å². The lowest BCUT2D eigenvalue weighted by Gasteiger charge is -2.10. The molecule has 1 heterocycles. The third-order valence-corrected chi connectivity index (χ3v) is 2.44. The molecule has 1 aromatic heterocycles. The molecule has 0 saturated carbocycles. The third-order valence-electron chi connectivity index (χ3n) is 2.44. The summed E-state index contributed by atoms with van der Waals surface area (Å²) in [4.78, 5) is 0. The first-order valence-electron chi connectivity index (χ1n) is 5.20. The Kier molecular flexibility index (Phi) is 3.02. The molecule has 0 saturated heterocycles. The SMILES string of the molecule is COc1ccc(-n2nc(C)cc2C(F)(F)F)cc1. The van der Waals surface area contributed by atoms with Gasteiger partial charge in [-0.1, -0.05) is 0 Å². The largest absolute Gasteiger partial charge is 0.497 e. The molecule has 1 aromatic carbocycles. The van der Waals surface area contributed by atoms with Crippen LogP contribution in [0.4, 0.5) is 13.2 Å². The highest BCUT2D eigenvalue weighted by Crippen LogP contribution is 2.31. The third kappa shape index (κ3) is 2.32. The number of aromatic nitrogens is 2. The lowest BCUT2D eigenvalue weighted by Crippen LogP contribution is -2.13. The minimum Gasteiger partial charge on any atom is -0.497 e. The van der Waals surface area contributed by atoms with E-state index in [-0.39, 0.29) is 0 Å². The number of ether oxygens (including phenoxy) is 1. The summed E-state index contributed by atoms with van der Waals surface area (Å²) in [6, 6.07) is 7.25. The molecule has 96 valence electrons. The topological polar surface area (TPSA) is 27.1 Å². The molecule has 0 aliphatic rings. The van der Waals surface area contributed by atoms with Gasteiger partial charge in [-0.3, -0.25) is 0 Å². The van der Waals surface area contributed by atoms with Crippen molar-refractivity contribution >= 4 is 0 Å². The zero-order valence-corrected chi connectivity index (χ0v) is 9.82. The van der Waals surface area contributed by atoms with Crippen molar-refractivity contribution in [2.24, 2.45) is 0 Å².